The van der Waals surface area contributed by atoms with E-state index in [2.05, 4.69) is 0 Å². The number of hydrogen-bond donors (Lipinski definition) is 1. The normalized spacial score (nSPS) is 14.3. The van der Waals surface area contributed by atoms with Gasteiger partial charge >= 0.3 is 0 Å². The summed E-state index contributed by atoms with van der Waals surface area (Å²) in [4.78, 5) is 27.5. The Morgan fingerprint density at radius 3 is 2.00 bits per heavy atom. The Hall–Kier alpha value is -4.00. The summed E-state index contributed by atoms with van der Waals surface area (Å²) in [7, 11) is 0. The lowest BCUT2D eigenvalue weighted by Crippen LogP contribution is -2.31. The number of benzene rings is 2. The second-order valence-corrected chi connectivity index (χ2v) is 5.66. The molecular formula is C16H15N4O9-. The molecule has 3 rings (SSSR count). The van der Waals surface area contributed by atoms with Crippen molar-refractivity contribution in [2.75, 3.05) is 13.2 Å². The number of para-hydroxylation sites is 2. The van der Waals surface area contributed by atoms with E-state index in [-0.39, 0.29) is 6.10 Å². The standard InChI is InChI=1S/C10H13NO2.C6H3N3O7/c11-6-5-8-7-12-9-3-1-2-4-10(9)13-8;10-6-4(8(13)14)1-3(7(11)12)2-5(6)9(15)16/h1-4,8H,5-7,11H2;1-2,10H/p-1. The zero-order valence-electron chi connectivity index (χ0n) is 14.8. The van der Waals surface area contributed by atoms with Crippen LogP contribution < -0.4 is 20.3 Å². The van der Waals surface area contributed by atoms with Crippen LogP contribution in [0.15, 0.2) is 36.4 Å². The maximum Gasteiger partial charge on any atom is 0.283 e. The molecule has 0 spiro atoms. The van der Waals surface area contributed by atoms with Crippen molar-refractivity contribution >= 4 is 17.1 Å². The van der Waals surface area contributed by atoms with Gasteiger partial charge in [0.1, 0.15) is 12.7 Å². The summed E-state index contributed by atoms with van der Waals surface area (Å²) < 4.78 is 11.2. The van der Waals surface area contributed by atoms with Crippen LogP contribution >= 0.6 is 0 Å². The average Bonchev–Trinajstić information content (AvgIpc) is 2.68. The van der Waals surface area contributed by atoms with Crippen LogP contribution in [-0.2, 0) is 0 Å². The van der Waals surface area contributed by atoms with Crippen molar-refractivity contribution in [3.63, 3.8) is 0 Å². The predicted molar refractivity (Wildman–Crippen MR) is 95.9 cm³/mol. The number of hydrogen-bond acceptors (Lipinski definition) is 10. The van der Waals surface area contributed by atoms with Crippen molar-refractivity contribution in [3.05, 3.63) is 66.7 Å². The maximum atomic E-state index is 11.1. The van der Waals surface area contributed by atoms with Crippen LogP contribution in [0.1, 0.15) is 6.42 Å². The predicted octanol–water partition coefficient (Wildman–Crippen LogP) is 1.66. The Morgan fingerprint density at radius 1 is 0.966 bits per heavy atom. The zero-order valence-corrected chi connectivity index (χ0v) is 14.8. The topological polar surface area (TPSA) is 197 Å². The Balaban J connectivity index is 0.000000211. The number of nitrogens with zero attached hydrogens (tertiary/aromatic N) is 3. The van der Waals surface area contributed by atoms with E-state index in [4.69, 9.17) is 15.2 Å². The Kier molecular flexibility index (Phi) is 6.81. The van der Waals surface area contributed by atoms with Gasteiger partial charge in [0.25, 0.3) is 17.1 Å². The first-order valence-corrected chi connectivity index (χ1v) is 8.11. The minimum Gasteiger partial charge on any atom is -0.863 e. The van der Waals surface area contributed by atoms with Crippen molar-refractivity contribution in [1.29, 1.82) is 0 Å². The first kappa shape index (κ1) is 21.3. The molecule has 1 unspecified atom stereocenters. The van der Waals surface area contributed by atoms with Crippen LogP contribution in [0.3, 0.4) is 0 Å². The molecule has 0 radical (unpaired) electrons. The Morgan fingerprint density at radius 2 is 1.52 bits per heavy atom. The second kappa shape index (κ2) is 9.27. The van der Waals surface area contributed by atoms with Crippen LogP contribution in [0.4, 0.5) is 17.1 Å². The Labute approximate surface area is 162 Å². The highest BCUT2D eigenvalue weighted by atomic mass is 16.6. The minimum absolute atomic E-state index is 0.111. The summed E-state index contributed by atoms with van der Waals surface area (Å²) in [5.41, 5.74) is 2.18. The third-order valence-corrected chi connectivity index (χ3v) is 3.69. The highest BCUT2D eigenvalue weighted by Crippen LogP contribution is 2.37. The molecule has 0 aliphatic carbocycles. The van der Waals surface area contributed by atoms with Gasteiger partial charge < -0.3 is 20.3 Å². The molecule has 2 N–H and O–H groups in total. The van der Waals surface area contributed by atoms with Gasteiger partial charge in [0.15, 0.2) is 11.5 Å². The van der Waals surface area contributed by atoms with E-state index in [0.717, 1.165) is 17.9 Å². The van der Waals surface area contributed by atoms with Crippen molar-refractivity contribution in [3.8, 4) is 17.2 Å². The van der Waals surface area contributed by atoms with Gasteiger partial charge in [0.05, 0.1) is 32.7 Å². The molecule has 1 aliphatic heterocycles. The van der Waals surface area contributed by atoms with E-state index in [1.165, 1.54) is 0 Å². The highest BCUT2D eigenvalue weighted by molar-refractivity contribution is 5.64. The van der Waals surface area contributed by atoms with Gasteiger partial charge in [-0.05, 0) is 25.1 Å². The monoisotopic (exact) mass is 407 g/mol. The van der Waals surface area contributed by atoms with E-state index in [0.29, 0.717) is 25.3 Å². The van der Waals surface area contributed by atoms with Gasteiger partial charge in [-0.15, -0.1) is 0 Å². The van der Waals surface area contributed by atoms with Crippen LogP contribution in [0.5, 0.6) is 17.2 Å². The van der Waals surface area contributed by atoms with Gasteiger partial charge in [-0.1, -0.05) is 12.1 Å². The van der Waals surface area contributed by atoms with E-state index in [1.54, 1.807) is 0 Å². The molecule has 1 aliphatic rings. The molecule has 2 aromatic carbocycles. The first-order valence-electron chi connectivity index (χ1n) is 8.11. The summed E-state index contributed by atoms with van der Waals surface area (Å²) in [6.45, 7) is 1.24. The quantitative estimate of drug-likeness (QED) is 0.561. The summed E-state index contributed by atoms with van der Waals surface area (Å²) >= 11 is 0. The number of nitro benzene ring substituents is 3. The number of rotatable bonds is 5. The molecule has 0 saturated carbocycles. The summed E-state index contributed by atoms with van der Waals surface area (Å²) in [6, 6.07) is 8.47. The largest absolute Gasteiger partial charge is 0.863 e. The number of nitrogens with two attached hydrogens (primary N) is 1. The lowest BCUT2D eigenvalue weighted by Gasteiger charge is -2.25. The van der Waals surface area contributed by atoms with E-state index < -0.39 is 37.6 Å². The molecule has 0 aromatic heterocycles. The highest BCUT2D eigenvalue weighted by Gasteiger charge is 2.24. The smallest absolute Gasteiger partial charge is 0.283 e. The molecule has 1 heterocycles. The van der Waals surface area contributed by atoms with E-state index >= 15 is 0 Å². The lowest BCUT2D eigenvalue weighted by atomic mass is 10.2. The third-order valence-electron chi connectivity index (χ3n) is 3.69. The van der Waals surface area contributed by atoms with Crippen molar-refractivity contribution in [2.24, 2.45) is 5.73 Å². The van der Waals surface area contributed by atoms with Crippen molar-refractivity contribution in [1.82, 2.24) is 0 Å². The molecule has 0 fully saturated rings. The number of ether oxygens (including phenoxy) is 2. The van der Waals surface area contributed by atoms with Crippen LogP contribution in [0.2, 0.25) is 0 Å². The molecule has 29 heavy (non-hydrogen) atoms. The summed E-state index contributed by atoms with van der Waals surface area (Å²) in [5, 5.41) is 42.1. The molecule has 2 aromatic rings. The van der Waals surface area contributed by atoms with E-state index in [9.17, 15) is 35.4 Å². The van der Waals surface area contributed by atoms with Crippen LogP contribution in [-0.4, -0.2) is 34.0 Å². The molecule has 0 saturated heterocycles. The fourth-order valence-corrected chi connectivity index (χ4v) is 2.35. The molecular weight excluding hydrogens is 392 g/mol. The van der Waals surface area contributed by atoms with Crippen LogP contribution in [0.25, 0.3) is 0 Å². The summed E-state index contributed by atoms with van der Waals surface area (Å²) in [6.07, 6.45) is 0.953. The molecule has 154 valence electrons. The first-order chi connectivity index (χ1) is 13.7. The SMILES string of the molecule is NCCC1COc2ccccc2O1.O=[N+]([O-])c1cc([N+](=O)[O-])c([O-])c([N+](=O)[O-])c1. The second-order valence-electron chi connectivity index (χ2n) is 5.66. The zero-order chi connectivity index (χ0) is 21.6. The number of non-ortho nitro benzene ring substituents is 1. The van der Waals surface area contributed by atoms with Gasteiger partial charge in [0, 0.05) is 0 Å². The summed E-state index contributed by atoms with van der Waals surface area (Å²) in [5.74, 6) is 0.198. The van der Waals surface area contributed by atoms with Gasteiger partial charge in [-0.3, -0.25) is 30.3 Å². The van der Waals surface area contributed by atoms with Crippen molar-refractivity contribution in [2.45, 2.75) is 12.5 Å². The molecule has 0 bridgehead atoms. The molecule has 13 nitrogen and oxygen atoms in total. The molecule has 0 amide bonds. The average molecular weight is 407 g/mol. The minimum atomic E-state index is -1.46. The fourth-order valence-electron chi connectivity index (χ4n) is 2.35. The maximum absolute atomic E-state index is 11.1. The van der Waals surface area contributed by atoms with Gasteiger partial charge in [0.2, 0.25) is 0 Å². The van der Waals surface area contributed by atoms with Gasteiger partial charge in [-0.25, -0.2) is 0 Å². The van der Waals surface area contributed by atoms with E-state index in [1.807, 2.05) is 24.3 Å². The van der Waals surface area contributed by atoms with Gasteiger partial charge in [-0.2, -0.15) is 0 Å². The third kappa shape index (κ3) is 5.26. The van der Waals surface area contributed by atoms with Crippen LogP contribution in [0, 0.1) is 30.3 Å². The fraction of sp³-hybridized carbons (Fsp3) is 0.250. The Bertz CT molecular complexity index is 899. The molecule has 1 atom stereocenters. The van der Waals surface area contributed by atoms with Crippen molar-refractivity contribution < 1.29 is 29.4 Å². The number of nitro groups is 3. The number of fused-ring (bicyclic) bond motifs is 1. The lowest BCUT2D eigenvalue weighted by molar-refractivity contribution is -0.420. The molecule has 13 heteroatoms.